The molecule has 11 nitrogen and oxygen atoms in total. The van der Waals surface area contributed by atoms with Crippen LogP contribution < -0.4 is 20.1 Å². The van der Waals surface area contributed by atoms with Crippen LogP contribution in [0.2, 0.25) is 0 Å². The highest BCUT2D eigenvalue weighted by atomic mass is 19.1. The van der Waals surface area contributed by atoms with Gasteiger partial charge in [0.25, 0.3) is 11.8 Å². The molecule has 7 rings (SSSR count). The number of fused-ring (bicyclic) bond motifs is 9. The molecule has 6 bridgehead atoms. The molecule has 0 unspecified atom stereocenters. The Morgan fingerprint density at radius 2 is 1.88 bits per heavy atom. The Labute approximate surface area is 277 Å². The number of ether oxygens (including phenoxy) is 2. The van der Waals surface area contributed by atoms with Crippen LogP contribution in [0.15, 0.2) is 60.9 Å². The number of pyridine rings is 1. The number of aryl methyl sites for hydroxylation is 2. The maximum absolute atomic E-state index is 14.7. The Bertz CT molecular complexity index is 1840. The summed E-state index contributed by atoms with van der Waals surface area (Å²) in [5, 5.41) is 13.5. The fourth-order valence-corrected chi connectivity index (χ4v) is 6.68. The van der Waals surface area contributed by atoms with Crippen molar-refractivity contribution in [1.82, 2.24) is 30.7 Å². The van der Waals surface area contributed by atoms with Crippen molar-refractivity contribution >= 4 is 17.7 Å². The van der Waals surface area contributed by atoms with Crippen molar-refractivity contribution in [3.05, 3.63) is 94.8 Å². The van der Waals surface area contributed by atoms with Gasteiger partial charge in [-0.15, -0.1) is 0 Å². The lowest BCUT2D eigenvalue weighted by atomic mass is 9.94. The van der Waals surface area contributed by atoms with Gasteiger partial charge in [0, 0.05) is 68.6 Å². The van der Waals surface area contributed by atoms with Gasteiger partial charge in [-0.1, -0.05) is 12.1 Å². The molecule has 4 heterocycles. The van der Waals surface area contributed by atoms with E-state index in [9.17, 15) is 18.8 Å². The Morgan fingerprint density at radius 1 is 1.00 bits per heavy atom. The average molecular weight is 653 g/mol. The zero-order valence-electron chi connectivity index (χ0n) is 26.5. The quantitative estimate of drug-likeness (QED) is 0.305. The standard InChI is InChI=1S/C36H37FN6O5/c37-26-12-22-13-28(16-26)48-33-10-11-43(35(45)9-8-31-29-6-1-2-7-30(29)41-42-31)20-32(33)40-36(46)25-14-24(18-38-19-25)23-4-3-5-27(15-23)47-21-34(44)39-17-22/h3-5,12-16,18-19,32-33H,1-2,6-11,17,20-21H2,(H,39,44)(H,40,46)(H,41,42)/t32-,33+/m1/s1. The van der Waals surface area contributed by atoms with Crippen LogP contribution in [0.25, 0.3) is 11.1 Å². The number of carbonyl (C=O) groups is 3. The number of aromatic nitrogens is 3. The molecule has 2 aromatic carbocycles. The lowest BCUT2D eigenvalue weighted by Crippen LogP contribution is -2.58. The molecule has 48 heavy (non-hydrogen) atoms. The van der Waals surface area contributed by atoms with Gasteiger partial charge in [0.1, 0.15) is 23.4 Å². The molecule has 2 aliphatic heterocycles. The molecule has 1 aliphatic carbocycles. The van der Waals surface area contributed by atoms with Crippen molar-refractivity contribution in [3.63, 3.8) is 0 Å². The predicted octanol–water partition coefficient (Wildman–Crippen LogP) is 3.91. The minimum absolute atomic E-state index is 0.0275. The number of halogens is 1. The van der Waals surface area contributed by atoms with Gasteiger partial charge >= 0.3 is 0 Å². The number of H-pyrrole nitrogens is 1. The summed E-state index contributed by atoms with van der Waals surface area (Å²) < 4.78 is 26.7. The molecule has 0 radical (unpaired) electrons. The summed E-state index contributed by atoms with van der Waals surface area (Å²) in [7, 11) is 0. The normalized spacial score (nSPS) is 19.6. The van der Waals surface area contributed by atoms with E-state index in [-0.39, 0.29) is 43.2 Å². The first kappa shape index (κ1) is 31.3. The van der Waals surface area contributed by atoms with Crippen molar-refractivity contribution in [2.45, 2.75) is 63.6 Å². The molecule has 4 aromatic rings. The van der Waals surface area contributed by atoms with E-state index in [4.69, 9.17) is 9.47 Å². The van der Waals surface area contributed by atoms with Gasteiger partial charge in [0.2, 0.25) is 5.91 Å². The molecule has 2 atom stereocenters. The number of aromatic amines is 1. The van der Waals surface area contributed by atoms with Crippen molar-refractivity contribution in [2.75, 3.05) is 19.7 Å². The maximum Gasteiger partial charge on any atom is 0.258 e. The second kappa shape index (κ2) is 13.8. The van der Waals surface area contributed by atoms with E-state index in [0.717, 1.165) is 36.9 Å². The Balaban J connectivity index is 1.14. The number of nitrogens with zero attached hydrogens (tertiary/aromatic N) is 3. The van der Waals surface area contributed by atoms with Crippen LogP contribution in [-0.2, 0) is 35.4 Å². The van der Waals surface area contributed by atoms with Gasteiger partial charge in [0.05, 0.1) is 17.3 Å². The summed E-state index contributed by atoms with van der Waals surface area (Å²) in [5.74, 6) is -0.555. The molecule has 0 saturated carbocycles. The molecule has 1 saturated heterocycles. The number of piperidine rings is 1. The van der Waals surface area contributed by atoms with Gasteiger partial charge in [-0.2, -0.15) is 5.10 Å². The minimum Gasteiger partial charge on any atom is -0.488 e. The zero-order chi connectivity index (χ0) is 33.0. The average Bonchev–Trinajstić information content (AvgIpc) is 3.52. The molecule has 3 amide bonds. The number of carbonyl (C=O) groups excluding carboxylic acids is 3. The number of amides is 3. The van der Waals surface area contributed by atoms with Gasteiger partial charge in [-0.25, -0.2) is 4.39 Å². The summed E-state index contributed by atoms with van der Waals surface area (Å²) in [6.07, 6.45) is 8.09. The minimum atomic E-state index is -0.595. The van der Waals surface area contributed by atoms with Gasteiger partial charge in [0.15, 0.2) is 6.61 Å². The molecule has 3 aliphatic rings. The van der Waals surface area contributed by atoms with Crippen molar-refractivity contribution < 1.29 is 28.2 Å². The van der Waals surface area contributed by atoms with E-state index in [1.807, 2.05) is 6.07 Å². The monoisotopic (exact) mass is 652 g/mol. The van der Waals surface area contributed by atoms with Crippen molar-refractivity contribution in [1.29, 1.82) is 0 Å². The zero-order valence-corrected chi connectivity index (χ0v) is 26.5. The first-order valence-corrected chi connectivity index (χ1v) is 16.4. The number of benzene rings is 2. The second-order valence-electron chi connectivity index (χ2n) is 12.5. The third-order valence-corrected chi connectivity index (χ3v) is 9.18. The van der Waals surface area contributed by atoms with Crippen LogP contribution in [0.5, 0.6) is 11.5 Å². The lowest BCUT2D eigenvalue weighted by Gasteiger charge is -2.39. The van der Waals surface area contributed by atoms with Crippen LogP contribution in [0, 0.1) is 5.82 Å². The summed E-state index contributed by atoms with van der Waals surface area (Å²) in [4.78, 5) is 45.8. The topological polar surface area (TPSA) is 139 Å². The van der Waals surface area contributed by atoms with E-state index in [0.29, 0.717) is 48.2 Å². The predicted molar refractivity (Wildman–Crippen MR) is 174 cm³/mol. The highest BCUT2D eigenvalue weighted by Gasteiger charge is 2.35. The van der Waals surface area contributed by atoms with Crippen LogP contribution in [0.3, 0.4) is 0 Å². The number of nitrogens with one attached hydrogen (secondary N) is 3. The van der Waals surface area contributed by atoms with Gasteiger partial charge in [-0.3, -0.25) is 24.5 Å². The van der Waals surface area contributed by atoms with E-state index in [2.05, 4.69) is 25.8 Å². The Hall–Kier alpha value is -5.26. The summed E-state index contributed by atoms with van der Waals surface area (Å²) >= 11 is 0. The van der Waals surface area contributed by atoms with Crippen molar-refractivity contribution in [3.8, 4) is 22.6 Å². The molecule has 12 heteroatoms. The van der Waals surface area contributed by atoms with E-state index in [1.165, 1.54) is 29.6 Å². The number of hydrogen-bond donors (Lipinski definition) is 3. The van der Waals surface area contributed by atoms with E-state index < -0.39 is 18.0 Å². The fraction of sp³-hybridized carbons (Fsp3) is 0.361. The largest absolute Gasteiger partial charge is 0.488 e. The lowest BCUT2D eigenvalue weighted by molar-refractivity contribution is -0.133. The first-order valence-electron chi connectivity index (χ1n) is 16.4. The summed E-state index contributed by atoms with van der Waals surface area (Å²) in [6, 6.07) is 12.6. The molecule has 0 spiro atoms. The number of hydrogen-bond acceptors (Lipinski definition) is 7. The third kappa shape index (κ3) is 7.17. The molecule has 248 valence electrons. The fourth-order valence-electron chi connectivity index (χ4n) is 6.68. The van der Waals surface area contributed by atoms with Crippen LogP contribution in [0.1, 0.15) is 58.6 Å². The second-order valence-corrected chi connectivity index (χ2v) is 12.5. The molecule has 3 N–H and O–H groups in total. The molecular formula is C36H37FN6O5. The van der Waals surface area contributed by atoms with E-state index >= 15 is 0 Å². The highest BCUT2D eigenvalue weighted by molar-refractivity contribution is 5.95. The van der Waals surface area contributed by atoms with Crippen LogP contribution >= 0.6 is 0 Å². The third-order valence-electron chi connectivity index (χ3n) is 9.18. The van der Waals surface area contributed by atoms with Crippen LogP contribution in [0.4, 0.5) is 4.39 Å². The van der Waals surface area contributed by atoms with E-state index in [1.54, 1.807) is 41.4 Å². The molecule has 1 fully saturated rings. The van der Waals surface area contributed by atoms with Gasteiger partial charge < -0.3 is 25.0 Å². The smallest absolute Gasteiger partial charge is 0.258 e. The first-order chi connectivity index (χ1) is 23.4. The maximum atomic E-state index is 14.7. The number of likely N-dealkylation sites (tertiary alicyclic amines) is 1. The van der Waals surface area contributed by atoms with Gasteiger partial charge in [-0.05, 0) is 72.7 Å². The van der Waals surface area contributed by atoms with Crippen molar-refractivity contribution in [2.24, 2.45) is 0 Å². The summed E-state index contributed by atoms with van der Waals surface area (Å²) in [6.45, 7) is 0.477. The Kier molecular flexibility index (Phi) is 9.04. The SMILES string of the molecule is O=C1COc2cccc(c2)-c2cncc(c2)C(=O)N[C@@H]2CN(C(=O)CCc3n[nH]c4c3CCCC4)CC[C@@H]2Oc2cc(F)cc(c2)CN1. The van der Waals surface area contributed by atoms with Crippen LogP contribution in [-0.4, -0.2) is 69.6 Å². The highest BCUT2D eigenvalue weighted by Crippen LogP contribution is 2.27. The molecule has 2 aromatic heterocycles. The Morgan fingerprint density at radius 3 is 2.79 bits per heavy atom. The summed E-state index contributed by atoms with van der Waals surface area (Å²) in [5.41, 5.74) is 5.67. The number of rotatable bonds is 3. The molecular weight excluding hydrogens is 615 g/mol.